The average molecular weight is 256 g/mol. The van der Waals surface area contributed by atoms with Crippen molar-refractivity contribution in [2.24, 2.45) is 5.92 Å². The van der Waals surface area contributed by atoms with E-state index in [-0.39, 0.29) is 6.04 Å². The fraction of sp³-hybridized carbons (Fsp3) is 0.545. The molecule has 0 saturated heterocycles. The lowest BCUT2D eigenvalue weighted by atomic mass is 10.1. The van der Waals surface area contributed by atoms with E-state index in [1.807, 2.05) is 20.8 Å². The van der Waals surface area contributed by atoms with Gasteiger partial charge in [0.2, 0.25) is 5.91 Å². The summed E-state index contributed by atoms with van der Waals surface area (Å²) in [5, 5.41) is 12.3. The number of amides is 1. The molecule has 0 bridgehead atoms. The molecular formula is C11H16N2O3S. The Morgan fingerprint density at radius 3 is 2.35 bits per heavy atom. The predicted octanol–water partition coefficient (Wildman–Crippen LogP) is 1.66. The van der Waals surface area contributed by atoms with Crippen molar-refractivity contribution in [1.29, 1.82) is 0 Å². The molecule has 0 aliphatic heterocycles. The van der Waals surface area contributed by atoms with Gasteiger partial charge in [0.1, 0.15) is 5.92 Å². The molecule has 0 aromatic carbocycles. The van der Waals surface area contributed by atoms with Gasteiger partial charge in [0, 0.05) is 4.88 Å². The third-order valence-corrected chi connectivity index (χ3v) is 3.71. The smallest absolute Gasteiger partial charge is 0.315 e. The van der Waals surface area contributed by atoms with Crippen molar-refractivity contribution in [1.82, 2.24) is 10.3 Å². The first-order valence-electron chi connectivity index (χ1n) is 5.30. The molecule has 0 radical (unpaired) electrons. The number of rotatable bonds is 4. The number of hydrogen-bond acceptors (Lipinski definition) is 4. The van der Waals surface area contributed by atoms with Crippen molar-refractivity contribution in [3.05, 3.63) is 15.6 Å². The van der Waals surface area contributed by atoms with E-state index in [0.717, 1.165) is 15.6 Å². The van der Waals surface area contributed by atoms with Gasteiger partial charge in [-0.2, -0.15) is 0 Å². The number of carboxylic acids is 1. The van der Waals surface area contributed by atoms with E-state index in [1.54, 1.807) is 0 Å². The van der Waals surface area contributed by atoms with Crippen LogP contribution >= 0.6 is 11.3 Å². The highest BCUT2D eigenvalue weighted by atomic mass is 32.1. The summed E-state index contributed by atoms with van der Waals surface area (Å²) in [7, 11) is 0. The minimum atomic E-state index is -1.12. The molecule has 1 rings (SSSR count). The quantitative estimate of drug-likeness (QED) is 0.803. The lowest BCUT2D eigenvalue weighted by Crippen LogP contribution is -2.35. The molecule has 0 spiro atoms. The Kier molecular flexibility index (Phi) is 4.22. The van der Waals surface area contributed by atoms with Gasteiger partial charge in [-0.3, -0.25) is 9.59 Å². The zero-order valence-electron chi connectivity index (χ0n) is 10.3. The van der Waals surface area contributed by atoms with Crippen LogP contribution in [0, 0.1) is 19.8 Å². The summed E-state index contributed by atoms with van der Waals surface area (Å²) in [6.45, 7) is 6.97. The van der Waals surface area contributed by atoms with Gasteiger partial charge < -0.3 is 10.4 Å². The van der Waals surface area contributed by atoms with Gasteiger partial charge in [-0.25, -0.2) is 4.98 Å². The SMILES string of the molecule is Cc1nc(C)c(C(C)NC(=O)C(C)C(=O)O)s1. The average Bonchev–Trinajstić information content (AvgIpc) is 2.56. The van der Waals surface area contributed by atoms with Crippen LogP contribution in [-0.2, 0) is 9.59 Å². The molecule has 0 fully saturated rings. The number of carboxylic acid groups (broad SMARTS) is 1. The molecule has 2 atom stereocenters. The first-order chi connectivity index (χ1) is 7.82. The third kappa shape index (κ3) is 3.26. The fourth-order valence-corrected chi connectivity index (χ4v) is 2.39. The second kappa shape index (κ2) is 5.27. The Morgan fingerprint density at radius 2 is 1.94 bits per heavy atom. The molecule has 17 heavy (non-hydrogen) atoms. The van der Waals surface area contributed by atoms with Crippen LogP contribution in [0.15, 0.2) is 0 Å². The normalized spacial score (nSPS) is 14.1. The Morgan fingerprint density at radius 1 is 1.35 bits per heavy atom. The van der Waals surface area contributed by atoms with Crippen molar-refractivity contribution < 1.29 is 14.7 Å². The number of hydrogen-bond donors (Lipinski definition) is 2. The van der Waals surface area contributed by atoms with Crippen molar-refractivity contribution in [3.8, 4) is 0 Å². The van der Waals surface area contributed by atoms with E-state index < -0.39 is 17.8 Å². The number of aromatic nitrogens is 1. The minimum absolute atomic E-state index is 0.213. The second-order valence-corrected chi connectivity index (χ2v) is 5.21. The zero-order valence-corrected chi connectivity index (χ0v) is 11.1. The van der Waals surface area contributed by atoms with E-state index in [9.17, 15) is 9.59 Å². The van der Waals surface area contributed by atoms with E-state index >= 15 is 0 Å². The monoisotopic (exact) mass is 256 g/mol. The van der Waals surface area contributed by atoms with Crippen LogP contribution in [0.1, 0.15) is 35.5 Å². The highest BCUT2D eigenvalue weighted by Crippen LogP contribution is 2.24. The van der Waals surface area contributed by atoms with E-state index in [1.165, 1.54) is 18.3 Å². The van der Waals surface area contributed by atoms with Gasteiger partial charge in [0.25, 0.3) is 0 Å². The first-order valence-corrected chi connectivity index (χ1v) is 6.11. The molecule has 6 heteroatoms. The Hall–Kier alpha value is -1.43. The van der Waals surface area contributed by atoms with Crippen molar-refractivity contribution in [2.45, 2.75) is 33.7 Å². The summed E-state index contributed by atoms with van der Waals surface area (Å²) in [5.74, 6) is -2.63. The number of carbonyl (C=O) groups is 2. The van der Waals surface area contributed by atoms with E-state index in [0.29, 0.717) is 0 Å². The van der Waals surface area contributed by atoms with Crippen LogP contribution in [-0.4, -0.2) is 22.0 Å². The molecule has 0 saturated carbocycles. The highest BCUT2D eigenvalue weighted by Gasteiger charge is 2.23. The Bertz CT molecular complexity index is 442. The van der Waals surface area contributed by atoms with Gasteiger partial charge in [-0.15, -0.1) is 11.3 Å². The number of nitrogens with one attached hydrogen (secondary N) is 1. The molecule has 1 aromatic rings. The number of carbonyl (C=O) groups excluding carboxylic acids is 1. The maximum absolute atomic E-state index is 11.6. The van der Waals surface area contributed by atoms with Gasteiger partial charge in [-0.05, 0) is 27.7 Å². The second-order valence-electron chi connectivity index (χ2n) is 3.97. The van der Waals surface area contributed by atoms with Gasteiger partial charge in [0.15, 0.2) is 0 Å². The summed E-state index contributed by atoms with van der Waals surface area (Å²) < 4.78 is 0. The molecule has 0 aliphatic rings. The standard InChI is InChI=1S/C11H16N2O3S/c1-5(11(15)16)10(14)13-7(3)9-6(2)12-8(4)17-9/h5,7H,1-4H3,(H,13,14)(H,15,16). The van der Waals surface area contributed by atoms with Gasteiger partial charge >= 0.3 is 5.97 Å². The molecular weight excluding hydrogens is 240 g/mol. The molecule has 2 N–H and O–H groups in total. The van der Waals surface area contributed by atoms with E-state index in [4.69, 9.17) is 5.11 Å². The van der Waals surface area contributed by atoms with E-state index in [2.05, 4.69) is 10.3 Å². The van der Waals surface area contributed by atoms with Crippen LogP contribution in [0.5, 0.6) is 0 Å². The molecule has 1 amide bonds. The van der Waals surface area contributed by atoms with Crippen LogP contribution in [0.4, 0.5) is 0 Å². The van der Waals surface area contributed by atoms with Gasteiger partial charge in [0.05, 0.1) is 16.7 Å². The number of nitrogens with zero attached hydrogens (tertiary/aromatic N) is 1. The lowest BCUT2D eigenvalue weighted by Gasteiger charge is -2.14. The van der Waals surface area contributed by atoms with Crippen LogP contribution in [0.3, 0.4) is 0 Å². The van der Waals surface area contributed by atoms with Crippen molar-refractivity contribution >= 4 is 23.2 Å². The summed E-state index contributed by atoms with van der Waals surface area (Å²) in [5.41, 5.74) is 0.878. The number of aliphatic carboxylic acids is 1. The molecule has 1 heterocycles. The van der Waals surface area contributed by atoms with Crippen molar-refractivity contribution in [3.63, 3.8) is 0 Å². The molecule has 5 nitrogen and oxygen atoms in total. The molecule has 1 aromatic heterocycles. The summed E-state index contributed by atoms with van der Waals surface area (Å²) in [6, 6.07) is -0.213. The molecule has 0 aliphatic carbocycles. The Labute approximate surface area is 104 Å². The summed E-state index contributed by atoms with van der Waals surface area (Å²) in [6.07, 6.45) is 0. The maximum Gasteiger partial charge on any atom is 0.315 e. The maximum atomic E-state index is 11.6. The summed E-state index contributed by atoms with van der Waals surface area (Å²) >= 11 is 1.51. The largest absolute Gasteiger partial charge is 0.481 e. The number of thiazole rings is 1. The molecule has 94 valence electrons. The summed E-state index contributed by atoms with van der Waals surface area (Å²) in [4.78, 5) is 27.5. The molecule has 2 unspecified atom stereocenters. The topological polar surface area (TPSA) is 79.3 Å². The van der Waals surface area contributed by atoms with Crippen LogP contribution < -0.4 is 5.32 Å². The highest BCUT2D eigenvalue weighted by molar-refractivity contribution is 7.11. The lowest BCUT2D eigenvalue weighted by molar-refractivity contribution is -0.146. The number of aryl methyl sites for hydroxylation is 2. The van der Waals surface area contributed by atoms with Crippen LogP contribution in [0.2, 0.25) is 0 Å². The fourth-order valence-electron chi connectivity index (χ4n) is 1.46. The van der Waals surface area contributed by atoms with Crippen LogP contribution in [0.25, 0.3) is 0 Å². The predicted molar refractivity (Wildman–Crippen MR) is 64.9 cm³/mol. The zero-order chi connectivity index (χ0) is 13.2. The Balaban J connectivity index is 2.73. The first kappa shape index (κ1) is 13.6. The third-order valence-electron chi connectivity index (χ3n) is 2.46. The minimum Gasteiger partial charge on any atom is -0.481 e. The van der Waals surface area contributed by atoms with Crippen molar-refractivity contribution in [2.75, 3.05) is 0 Å². The van der Waals surface area contributed by atoms with Gasteiger partial charge in [-0.1, -0.05) is 0 Å².